The van der Waals surface area contributed by atoms with Crippen molar-refractivity contribution in [1.82, 2.24) is 24.6 Å². The Morgan fingerprint density at radius 3 is 2.60 bits per heavy atom. The molecule has 11 heteroatoms. The molecule has 157 valence electrons. The summed E-state index contributed by atoms with van der Waals surface area (Å²) in [7, 11) is 4.83. The van der Waals surface area contributed by atoms with Gasteiger partial charge in [0.25, 0.3) is 0 Å². The van der Waals surface area contributed by atoms with Crippen LogP contribution in [-0.4, -0.2) is 60.6 Å². The molecule has 1 radical (unpaired) electrons. The normalized spacial score (nSPS) is 11.2. The van der Waals surface area contributed by atoms with Gasteiger partial charge in [-0.3, -0.25) is 5.32 Å². The number of anilines is 3. The van der Waals surface area contributed by atoms with Gasteiger partial charge in [0.05, 0.1) is 26.4 Å². The van der Waals surface area contributed by atoms with Crippen LogP contribution in [0.2, 0.25) is 0 Å². The Bertz CT molecular complexity index is 992. The summed E-state index contributed by atoms with van der Waals surface area (Å²) in [6.45, 7) is 2.72. The second kappa shape index (κ2) is 9.29. The van der Waals surface area contributed by atoms with E-state index in [9.17, 15) is 4.79 Å². The van der Waals surface area contributed by atoms with Crippen LogP contribution in [0.25, 0.3) is 0 Å². The summed E-state index contributed by atoms with van der Waals surface area (Å²) in [5.74, 6) is 1.37. The minimum atomic E-state index is -0.572. The number of ether oxygens (including phenoxy) is 2. The van der Waals surface area contributed by atoms with E-state index < -0.39 is 6.09 Å². The molecule has 11 nitrogen and oxygen atoms in total. The Labute approximate surface area is 173 Å². The summed E-state index contributed by atoms with van der Waals surface area (Å²) in [6.07, 6.45) is -0.572. The van der Waals surface area contributed by atoms with E-state index in [4.69, 9.17) is 14.0 Å². The number of aryl methyl sites for hydroxylation is 1. The molecule has 0 aliphatic heterocycles. The summed E-state index contributed by atoms with van der Waals surface area (Å²) in [5, 5.41) is 9.79. The van der Waals surface area contributed by atoms with Crippen molar-refractivity contribution in [2.75, 3.05) is 45.0 Å². The zero-order valence-corrected chi connectivity index (χ0v) is 17.2. The SMILES string of the molecule is COCCNc1nc(Nc2cc(C)no2)nc([N+](C)(C)C(=O)Oc2cc[c]cc2)n1. The van der Waals surface area contributed by atoms with E-state index >= 15 is 0 Å². The molecule has 0 aliphatic carbocycles. The number of benzene rings is 1. The largest absolute Gasteiger partial charge is 0.528 e. The zero-order valence-electron chi connectivity index (χ0n) is 17.2. The molecule has 2 aromatic heterocycles. The van der Waals surface area contributed by atoms with Crippen LogP contribution in [0.1, 0.15) is 5.69 Å². The van der Waals surface area contributed by atoms with Gasteiger partial charge in [-0.2, -0.15) is 14.3 Å². The first-order chi connectivity index (χ1) is 14.4. The molecule has 1 aromatic carbocycles. The lowest BCUT2D eigenvalue weighted by Crippen LogP contribution is -2.49. The van der Waals surface area contributed by atoms with Crippen LogP contribution in [0, 0.1) is 13.0 Å². The number of methoxy groups -OCH3 is 1. The van der Waals surface area contributed by atoms with Crippen molar-refractivity contribution < 1.29 is 18.8 Å². The topological polar surface area (TPSA) is 124 Å². The first-order valence-electron chi connectivity index (χ1n) is 9.11. The number of rotatable bonds is 8. The molecule has 0 bridgehead atoms. The van der Waals surface area contributed by atoms with Gasteiger partial charge in [0.1, 0.15) is 5.75 Å². The van der Waals surface area contributed by atoms with Gasteiger partial charge in [0.2, 0.25) is 17.8 Å². The number of nitrogens with zero attached hydrogens (tertiary/aromatic N) is 5. The highest BCUT2D eigenvalue weighted by Crippen LogP contribution is 2.22. The minimum Gasteiger partial charge on any atom is -0.383 e. The molecule has 30 heavy (non-hydrogen) atoms. The maximum atomic E-state index is 12.8. The predicted octanol–water partition coefficient (Wildman–Crippen LogP) is 2.54. The molecule has 0 aliphatic rings. The fourth-order valence-corrected chi connectivity index (χ4v) is 2.28. The second-order valence-corrected chi connectivity index (χ2v) is 6.72. The van der Waals surface area contributed by atoms with Crippen LogP contribution < -0.4 is 19.9 Å². The van der Waals surface area contributed by atoms with E-state index in [1.165, 1.54) is 0 Å². The van der Waals surface area contributed by atoms with Gasteiger partial charge in [-0.1, -0.05) is 17.3 Å². The summed E-state index contributed by atoms with van der Waals surface area (Å²) in [5.41, 5.74) is 0.699. The number of quaternary nitrogens is 1. The molecule has 3 aromatic rings. The van der Waals surface area contributed by atoms with Crippen LogP contribution in [0.3, 0.4) is 0 Å². The molecule has 0 atom stereocenters. The zero-order chi connectivity index (χ0) is 21.6. The number of hydrogen-bond acceptors (Lipinski definition) is 10. The first kappa shape index (κ1) is 21.1. The molecule has 0 fully saturated rings. The fraction of sp³-hybridized carbons (Fsp3) is 0.316. The third kappa shape index (κ3) is 5.27. The van der Waals surface area contributed by atoms with Crippen molar-refractivity contribution in [3.63, 3.8) is 0 Å². The van der Waals surface area contributed by atoms with Crippen molar-refractivity contribution in [1.29, 1.82) is 0 Å². The van der Waals surface area contributed by atoms with Gasteiger partial charge >= 0.3 is 12.0 Å². The van der Waals surface area contributed by atoms with Crippen molar-refractivity contribution in [2.45, 2.75) is 6.92 Å². The summed E-state index contributed by atoms with van der Waals surface area (Å²) in [6, 6.07) is 11.2. The van der Waals surface area contributed by atoms with Crippen LogP contribution in [0.4, 0.5) is 28.5 Å². The highest BCUT2D eigenvalue weighted by atomic mass is 16.6. The Hall–Kier alpha value is -3.57. The standard InChI is InChI=1S/C19H23N7O4/c1-13-12-15(30-25-13)21-17-22-16(20-10-11-28-4)23-18(24-17)26(2,3)19(27)29-14-8-6-5-7-9-14/h6-9,12H,10-11H2,1-4H3,(H2,20,21,22,23,24)/q+1. The third-order valence-electron chi connectivity index (χ3n) is 3.93. The van der Waals surface area contributed by atoms with E-state index in [2.05, 4.69) is 36.8 Å². The molecule has 2 N–H and O–H groups in total. The smallest absolute Gasteiger partial charge is 0.383 e. The first-order valence-corrected chi connectivity index (χ1v) is 9.11. The van der Waals surface area contributed by atoms with E-state index in [0.717, 1.165) is 0 Å². The van der Waals surface area contributed by atoms with Gasteiger partial charge in [0, 0.05) is 19.7 Å². The summed E-state index contributed by atoms with van der Waals surface area (Å²) >= 11 is 0. The number of amides is 1. The maximum absolute atomic E-state index is 12.8. The summed E-state index contributed by atoms with van der Waals surface area (Å²) < 4.78 is 15.3. The number of aromatic nitrogens is 4. The van der Waals surface area contributed by atoms with Crippen molar-refractivity contribution in [3.8, 4) is 5.75 Å². The monoisotopic (exact) mass is 413 g/mol. The number of hydrogen-bond donors (Lipinski definition) is 2. The highest BCUT2D eigenvalue weighted by Gasteiger charge is 2.36. The van der Waals surface area contributed by atoms with Crippen molar-refractivity contribution >= 4 is 29.8 Å². The molecule has 0 unspecified atom stereocenters. The summed E-state index contributed by atoms with van der Waals surface area (Å²) in [4.78, 5) is 25.9. The number of carbonyl (C=O) groups is 1. The fourth-order valence-electron chi connectivity index (χ4n) is 2.28. The highest BCUT2D eigenvalue weighted by molar-refractivity contribution is 5.81. The van der Waals surface area contributed by atoms with Crippen molar-refractivity contribution in [2.24, 2.45) is 0 Å². The van der Waals surface area contributed by atoms with Crippen LogP contribution in [-0.2, 0) is 4.74 Å². The van der Waals surface area contributed by atoms with E-state index in [1.54, 1.807) is 58.5 Å². The third-order valence-corrected chi connectivity index (χ3v) is 3.93. The average molecular weight is 413 g/mol. The van der Waals surface area contributed by atoms with Gasteiger partial charge < -0.3 is 19.3 Å². The maximum Gasteiger partial charge on any atom is 0.528 e. The molecular weight excluding hydrogens is 390 g/mol. The Morgan fingerprint density at radius 2 is 1.93 bits per heavy atom. The van der Waals surface area contributed by atoms with E-state index in [-0.39, 0.29) is 22.3 Å². The van der Waals surface area contributed by atoms with E-state index in [1.807, 2.05) is 0 Å². The second-order valence-electron chi connectivity index (χ2n) is 6.72. The van der Waals surface area contributed by atoms with Crippen molar-refractivity contribution in [3.05, 3.63) is 42.1 Å². The molecule has 3 rings (SSSR count). The molecular formula is C19H23N7O4+. The quantitative estimate of drug-likeness (QED) is 0.420. The molecule has 0 spiro atoms. The van der Waals surface area contributed by atoms with Gasteiger partial charge in [0.15, 0.2) is 0 Å². The van der Waals surface area contributed by atoms with E-state index in [0.29, 0.717) is 30.5 Å². The Balaban J connectivity index is 1.88. The van der Waals surface area contributed by atoms with Crippen LogP contribution >= 0.6 is 0 Å². The molecule has 1 amide bonds. The van der Waals surface area contributed by atoms with Gasteiger partial charge in [-0.05, 0) is 25.1 Å². The van der Waals surface area contributed by atoms with Crippen LogP contribution in [0.5, 0.6) is 5.75 Å². The molecule has 0 saturated heterocycles. The lowest BCUT2D eigenvalue weighted by molar-refractivity contribution is 0.170. The lowest BCUT2D eigenvalue weighted by Gasteiger charge is -2.22. The molecule has 2 heterocycles. The number of nitrogens with one attached hydrogen (secondary N) is 2. The van der Waals surface area contributed by atoms with Gasteiger partial charge in [-0.15, -0.1) is 9.97 Å². The molecule has 0 saturated carbocycles. The Kier molecular flexibility index (Phi) is 6.54. The predicted molar refractivity (Wildman–Crippen MR) is 110 cm³/mol. The van der Waals surface area contributed by atoms with Crippen LogP contribution in [0.15, 0.2) is 34.9 Å². The minimum absolute atomic E-state index is 0.163. The number of carbonyl (C=O) groups excluding carboxylic acids is 1. The average Bonchev–Trinajstić information content (AvgIpc) is 3.13. The lowest BCUT2D eigenvalue weighted by atomic mass is 10.3. The Morgan fingerprint density at radius 1 is 1.20 bits per heavy atom. The van der Waals surface area contributed by atoms with Gasteiger partial charge in [-0.25, -0.2) is 0 Å².